The molecule has 2 aliphatic rings. The maximum absolute atomic E-state index is 12.7. The molecule has 2 aromatic rings. The molecule has 2 fully saturated rings. The highest BCUT2D eigenvalue weighted by atomic mass is 16.5. The highest BCUT2D eigenvalue weighted by molar-refractivity contribution is 5.89. The van der Waals surface area contributed by atoms with Crippen LogP contribution in [0, 0.1) is 5.92 Å². The van der Waals surface area contributed by atoms with Crippen LogP contribution < -0.4 is 5.32 Å². The second-order valence-corrected chi connectivity index (χ2v) is 7.01. The summed E-state index contributed by atoms with van der Waals surface area (Å²) in [7, 11) is 0. The summed E-state index contributed by atoms with van der Waals surface area (Å²) in [6, 6.07) is 7.00. The highest BCUT2D eigenvalue weighted by Crippen LogP contribution is 2.40. The number of pyridine rings is 2. The molecule has 7 heteroatoms. The van der Waals surface area contributed by atoms with Gasteiger partial charge >= 0.3 is 5.97 Å². The van der Waals surface area contributed by atoms with Crippen LogP contribution in [-0.4, -0.2) is 33.6 Å². The van der Waals surface area contributed by atoms with Gasteiger partial charge in [-0.3, -0.25) is 14.8 Å². The molecule has 2 aromatic heterocycles. The number of carboxylic acids is 1. The second kappa shape index (κ2) is 7.44. The van der Waals surface area contributed by atoms with Crippen LogP contribution in [0.25, 0.3) is 0 Å². The zero-order valence-electron chi connectivity index (χ0n) is 14.8. The summed E-state index contributed by atoms with van der Waals surface area (Å²) in [5.74, 6) is -1.08. The van der Waals surface area contributed by atoms with Crippen molar-refractivity contribution >= 4 is 11.9 Å². The Morgan fingerprint density at radius 3 is 2.78 bits per heavy atom. The molecule has 7 nitrogen and oxygen atoms in total. The molecule has 0 spiro atoms. The topological polar surface area (TPSA) is 101 Å². The molecule has 1 aliphatic carbocycles. The molecule has 1 saturated carbocycles. The molecule has 1 aliphatic heterocycles. The Bertz CT molecular complexity index is 852. The molecule has 3 heterocycles. The van der Waals surface area contributed by atoms with Crippen LogP contribution in [0.1, 0.15) is 58.6 Å². The average molecular weight is 367 g/mol. The largest absolute Gasteiger partial charge is 0.478 e. The third-order valence-corrected chi connectivity index (χ3v) is 5.06. The molecule has 140 valence electrons. The van der Waals surface area contributed by atoms with Crippen molar-refractivity contribution < 1.29 is 19.4 Å². The zero-order valence-corrected chi connectivity index (χ0v) is 14.8. The van der Waals surface area contributed by atoms with E-state index < -0.39 is 5.97 Å². The van der Waals surface area contributed by atoms with Crippen LogP contribution in [0.4, 0.5) is 0 Å². The van der Waals surface area contributed by atoms with Gasteiger partial charge in [0.2, 0.25) is 5.91 Å². The summed E-state index contributed by atoms with van der Waals surface area (Å²) in [5, 5.41) is 12.2. The lowest BCUT2D eigenvalue weighted by atomic mass is 9.95. The van der Waals surface area contributed by atoms with E-state index in [9.17, 15) is 14.7 Å². The number of amides is 1. The number of ether oxygens (including phenoxy) is 1. The fraction of sp³-hybridized carbons (Fsp3) is 0.400. The number of hydrogen-bond donors (Lipinski definition) is 2. The van der Waals surface area contributed by atoms with Gasteiger partial charge in [-0.2, -0.15) is 0 Å². The average Bonchev–Trinajstić information content (AvgIpc) is 3.42. The number of nitrogens with zero attached hydrogens (tertiary/aromatic N) is 2. The molecule has 0 radical (unpaired) electrons. The summed E-state index contributed by atoms with van der Waals surface area (Å²) < 4.78 is 5.74. The van der Waals surface area contributed by atoms with Crippen LogP contribution in [0.3, 0.4) is 0 Å². The standard InChI is InChI=1S/C20H21N3O4/c24-19(16-7-9-27-18(16)13-2-1-8-21-10-13)22-11-14-5-6-15(20(25)26)17(23-14)12-3-4-12/h1-2,5-6,8,10,12,16,18H,3-4,7,9,11H2,(H,22,24)(H,25,26)/t16-,18+/m0/s1. The Morgan fingerprint density at radius 2 is 2.07 bits per heavy atom. The van der Waals surface area contributed by atoms with E-state index >= 15 is 0 Å². The Labute approximate surface area is 156 Å². The van der Waals surface area contributed by atoms with E-state index in [2.05, 4.69) is 15.3 Å². The molecule has 0 unspecified atom stereocenters. The van der Waals surface area contributed by atoms with Gasteiger partial charge in [0.1, 0.15) is 0 Å². The number of nitrogens with one attached hydrogen (secondary N) is 1. The SMILES string of the molecule is O=C(O)c1ccc(CNC(=O)[C@H]2CCO[C@@H]2c2cccnc2)nc1C1CC1. The van der Waals surface area contributed by atoms with Crippen LogP contribution >= 0.6 is 0 Å². The fourth-order valence-corrected chi connectivity index (χ4v) is 3.50. The molecule has 2 atom stereocenters. The molecule has 0 bridgehead atoms. The molecule has 2 N–H and O–H groups in total. The van der Waals surface area contributed by atoms with Crippen molar-refractivity contribution in [2.45, 2.75) is 37.8 Å². The molecule has 1 amide bonds. The first-order chi connectivity index (χ1) is 13.1. The Kier molecular flexibility index (Phi) is 4.85. The number of carbonyl (C=O) groups is 2. The Hall–Kier alpha value is -2.80. The van der Waals surface area contributed by atoms with Gasteiger partial charge in [-0.25, -0.2) is 4.79 Å². The van der Waals surface area contributed by atoms with Crippen LogP contribution in [0.5, 0.6) is 0 Å². The van der Waals surface area contributed by atoms with E-state index in [0.29, 0.717) is 24.4 Å². The van der Waals surface area contributed by atoms with Crippen molar-refractivity contribution in [3.8, 4) is 0 Å². The summed E-state index contributed by atoms with van der Waals surface area (Å²) >= 11 is 0. The highest BCUT2D eigenvalue weighted by Gasteiger charge is 2.35. The van der Waals surface area contributed by atoms with Crippen molar-refractivity contribution in [2.24, 2.45) is 5.92 Å². The van der Waals surface area contributed by atoms with Gasteiger partial charge in [0.15, 0.2) is 0 Å². The lowest BCUT2D eigenvalue weighted by Crippen LogP contribution is -2.32. The molecule has 0 aromatic carbocycles. The fourth-order valence-electron chi connectivity index (χ4n) is 3.50. The van der Waals surface area contributed by atoms with Crippen molar-refractivity contribution in [3.63, 3.8) is 0 Å². The molecular formula is C20H21N3O4. The van der Waals surface area contributed by atoms with Gasteiger partial charge in [-0.15, -0.1) is 0 Å². The van der Waals surface area contributed by atoms with Gasteiger partial charge in [0.25, 0.3) is 0 Å². The van der Waals surface area contributed by atoms with Crippen LogP contribution in [0.2, 0.25) is 0 Å². The number of rotatable bonds is 6. The maximum Gasteiger partial charge on any atom is 0.337 e. The van der Waals surface area contributed by atoms with E-state index in [0.717, 1.165) is 18.4 Å². The number of carboxylic acid groups (broad SMARTS) is 1. The van der Waals surface area contributed by atoms with Gasteiger partial charge in [-0.05, 0) is 43.0 Å². The van der Waals surface area contributed by atoms with Crippen molar-refractivity contribution in [3.05, 3.63) is 59.2 Å². The van der Waals surface area contributed by atoms with Crippen LogP contribution in [-0.2, 0) is 16.1 Å². The maximum atomic E-state index is 12.7. The predicted molar refractivity (Wildman–Crippen MR) is 96.1 cm³/mol. The first-order valence-electron chi connectivity index (χ1n) is 9.16. The molecule has 27 heavy (non-hydrogen) atoms. The molecular weight excluding hydrogens is 346 g/mol. The number of aromatic nitrogens is 2. The number of aromatic carboxylic acids is 1. The van der Waals surface area contributed by atoms with Crippen molar-refractivity contribution in [2.75, 3.05) is 6.61 Å². The first-order valence-corrected chi connectivity index (χ1v) is 9.16. The minimum absolute atomic E-state index is 0.0848. The van der Waals surface area contributed by atoms with Gasteiger partial charge in [-0.1, -0.05) is 6.07 Å². The summed E-state index contributed by atoms with van der Waals surface area (Å²) in [4.78, 5) is 32.6. The number of hydrogen-bond acceptors (Lipinski definition) is 5. The Balaban J connectivity index is 1.43. The monoisotopic (exact) mass is 367 g/mol. The van der Waals surface area contributed by atoms with Crippen molar-refractivity contribution in [1.29, 1.82) is 0 Å². The first kappa shape index (κ1) is 17.6. The predicted octanol–water partition coefficient (Wildman–Crippen LogP) is 2.45. The van der Waals surface area contributed by atoms with E-state index in [-0.39, 0.29) is 36.0 Å². The Morgan fingerprint density at radius 1 is 1.22 bits per heavy atom. The van der Waals surface area contributed by atoms with E-state index in [1.165, 1.54) is 0 Å². The number of carbonyl (C=O) groups excluding carboxylic acids is 1. The van der Waals surface area contributed by atoms with Crippen molar-refractivity contribution in [1.82, 2.24) is 15.3 Å². The summed E-state index contributed by atoms with van der Waals surface area (Å²) in [5.41, 5.74) is 2.46. The van der Waals surface area contributed by atoms with E-state index in [1.807, 2.05) is 12.1 Å². The third kappa shape index (κ3) is 3.83. The minimum atomic E-state index is -0.956. The summed E-state index contributed by atoms with van der Waals surface area (Å²) in [6.45, 7) is 0.809. The quantitative estimate of drug-likeness (QED) is 0.813. The third-order valence-electron chi connectivity index (χ3n) is 5.06. The normalized spacial score (nSPS) is 21.8. The second-order valence-electron chi connectivity index (χ2n) is 7.01. The van der Waals surface area contributed by atoms with Gasteiger partial charge in [0, 0.05) is 24.9 Å². The lowest BCUT2D eigenvalue weighted by molar-refractivity contribution is -0.127. The lowest BCUT2D eigenvalue weighted by Gasteiger charge is -2.18. The molecule has 4 rings (SSSR count). The smallest absolute Gasteiger partial charge is 0.337 e. The van der Waals surface area contributed by atoms with E-state index in [4.69, 9.17) is 4.74 Å². The van der Waals surface area contributed by atoms with Gasteiger partial charge in [0.05, 0.1) is 35.5 Å². The van der Waals surface area contributed by atoms with Gasteiger partial charge < -0.3 is 15.2 Å². The molecule has 1 saturated heterocycles. The minimum Gasteiger partial charge on any atom is -0.478 e. The summed E-state index contributed by atoms with van der Waals surface area (Å²) in [6.07, 6.45) is 5.72. The van der Waals surface area contributed by atoms with E-state index in [1.54, 1.807) is 24.5 Å². The zero-order chi connectivity index (χ0) is 18.8. The van der Waals surface area contributed by atoms with Crippen LogP contribution in [0.15, 0.2) is 36.7 Å².